The van der Waals surface area contributed by atoms with Gasteiger partial charge in [-0.25, -0.2) is 4.39 Å². The minimum atomic E-state index is -0.681. The molecular weight excluding hydrogens is 359 g/mol. The predicted molar refractivity (Wildman–Crippen MR) is 104 cm³/mol. The van der Waals surface area contributed by atoms with Gasteiger partial charge in [0.25, 0.3) is 5.91 Å². The minimum Gasteiger partial charge on any atom is -0.326 e. The molecule has 1 aliphatic rings. The number of fused-ring (bicyclic) bond motifs is 1. The van der Waals surface area contributed by atoms with Crippen LogP contribution in [-0.4, -0.2) is 21.6 Å². The van der Waals surface area contributed by atoms with Crippen LogP contribution in [0.3, 0.4) is 0 Å². The molecule has 142 valence electrons. The molecule has 0 saturated heterocycles. The maximum Gasteiger partial charge on any atom is 0.259 e. The zero-order valence-electron chi connectivity index (χ0n) is 15.3. The number of rotatable bonds is 4. The van der Waals surface area contributed by atoms with Gasteiger partial charge < -0.3 is 10.6 Å². The topological polar surface area (TPSA) is 76.0 Å². The zero-order chi connectivity index (χ0) is 19.7. The molecule has 0 fully saturated rings. The Morgan fingerprint density at radius 2 is 2.04 bits per heavy atom. The molecule has 0 saturated carbocycles. The molecule has 1 aliphatic heterocycles. The predicted octanol–water partition coefficient (Wildman–Crippen LogP) is 3.52. The van der Waals surface area contributed by atoms with Crippen LogP contribution in [0.15, 0.2) is 48.7 Å². The van der Waals surface area contributed by atoms with Crippen LogP contribution in [0.1, 0.15) is 33.5 Å². The molecular formula is C21H19FN4O2. The molecule has 2 amide bonds. The quantitative estimate of drug-likeness (QED) is 0.729. The molecule has 0 radical (unpaired) electrons. The summed E-state index contributed by atoms with van der Waals surface area (Å²) in [6.07, 6.45) is 2.64. The molecule has 0 atom stereocenters. The number of nitrogens with one attached hydrogen (secondary N) is 2. The lowest BCUT2D eigenvalue weighted by Crippen LogP contribution is -2.21. The molecule has 0 bridgehead atoms. The molecule has 3 aromatic rings. The molecule has 0 unspecified atom stereocenters. The van der Waals surface area contributed by atoms with Gasteiger partial charge in [0.2, 0.25) is 5.91 Å². The first-order chi connectivity index (χ1) is 13.5. The van der Waals surface area contributed by atoms with E-state index in [1.807, 2.05) is 43.5 Å². The van der Waals surface area contributed by atoms with Crippen molar-refractivity contribution < 1.29 is 14.0 Å². The molecule has 2 aromatic carbocycles. The highest BCUT2D eigenvalue weighted by Gasteiger charge is 2.21. The van der Waals surface area contributed by atoms with Crippen molar-refractivity contribution in [1.29, 1.82) is 0 Å². The fraction of sp³-hybridized carbons (Fsp3) is 0.190. The number of aromatic nitrogens is 2. The fourth-order valence-corrected chi connectivity index (χ4v) is 3.25. The molecule has 2 heterocycles. The van der Waals surface area contributed by atoms with Crippen LogP contribution < -0.4 is 10.6 Å². The summed E-state index contributed by atoms with van der Waals surface area (Å²) in [5, 5.41) is 9.72. The largest absolute Gasteiger partial charge is 0.326 e. The lowest BCUT2D eigenvalue weighted by Gasteiger charge is -2.18. The second-order valence-corrected chi connectivity index (χ2v) is 6.84. The van der Waals surface area contributed by atoms with Gasteiger partial charge in [0.15, 0.2) is 5.82 Å². The molecule has 4 rings (SSSR count). The summed E-state index contributed by atoms with van der Waals surface area (Å²) >= 11 is 0. The maximum atomic E-state index is 14.4. The third kappa shape index (κ3) is 3.64. The first-order valence-corrected chi connectivity index (χ1v) is 9.01. The van der Waals surface area contributed by atoms with E-state index in [9.17, 15) is 14.0 Å². The van der Waals surface area contributed by atoms with E-state index in [1.54, 1.807) is 4.68 Å². The Morgan fingerprint density at radius 1 is 1.25 bits per heavy atom. The van der Waals surface area contributed by atoms with Crippen LogP contribution in [0.2, 0.25) is 0 Å². The summed E-state index contributed by atoms with van der Waals surface area (Å²) in [4.78, 5) is 24.1. The van der Waals surface area contributed by atoms with Crippen LogP contribution >= 0.6 is 0 Å². The van der Waals surface area contributed by atoms with Crippen molar-refractivity contribution >= 4 is 23.3 Å². The third-order valence-corrected chi connectivity index (χ3v) is 4.70. The maximum absolute atomic E-state index is 14.4. The van der Waals surface area contributed by atoms with Gasteiger partial charge in [-0.3, -0.25) is 14.3 Å². The molecule has 2 N–H and O–H groups in total. The summed E-state index contributed by atoms with van der Waals surface area (Å²) in [5.41, 5.74) is 2.98. The molecule has 1 aromatic heterocycles. The molecule has 6 nitrogen and oxygen atoms in total. The number of carbonyl (C=O) groups is 2. The number of benzene rings is 2. The van der Waals surface area contributed by atoms with Gasteiger partial charge in [0, 0.05) is 23.9 Å². The Hall–Kier alpha value is -3.48. The second-order valence-electron chi connectivity index (χ2n) is 6.84. The lowest BCUT2D eigenvalue weighted by atomic mass is 9.99. The van der Waals surface area contributed by atoms with Gasteiger partial charge in [-0.15, -0.1) is 0 Å². The van der Waals surface area contributed by atoms with Gasteiger partial charge in [0.05, 0.1) is 12.1 Å². The molecule has 28 heavy (non-hydrogen) atoms. The second kappa shape index (κ2) is 7.26. The van der Waals surface area contributed by atoms with Crippen molar-refractivity contribution in [3.8, 4) is 0 Å². The average Bonchev–Trinajstić information content (AvgIpc) is 3.00. The van der Waals surface area contributed by atoms with Crippen molar-refractivity contribution in [2.75, 3.05) is 10.6 Å². The number of carbonyl (C=O) groups excluding carboxylic acids is 2. The Morgan fingerprint density at radius 3 is 2.82 bits per heavy atom. The highest BCUT2D eigenvalue weighted by atomic mass is 19.1. The zero-order valence-corrected chi connectivity index (χ0v) is 15.3. The smallest absolute Gasteiger partial charge is 0.259 e. The van der Waals surface area contributed by atoms with Gasteiger partial charge >= 0.3 is 0 Å². The number of hydrogen-bond acceptors (Lipinski definition) is 3. The van der Waals surface area contributed by atoms with E-state index >= 15 is 0 Å². The standard InChI is InChI=1S/C21H19FN4O2/c1-13-11-26(12-14-5-3-2-4-6-14)25-20(13)24-21(28)16-9-15-7-8-19(27)23-18(15)10-17(16)22/h2-6,9-11H,7-8,12H2,1H3,(H,23,27)(H,24,25,28). The fourth-order valence-electron chi connectivity index (χ4n) is 3.25. The highest BCUT2D eigenvalue weighted by Crippen LogP contribution is 2.26. The molecule has 0 aliphatic carbocycles. The van der Waals surface area contributed by atoms with Crippen LogP contribution in [0.5, 0.6) is 0 Å². The summed E-state index contributed by atoms with van der Waals surface area (Å²) < 4.78 is 16.1. The number of anilines is 2. The Kier molecular flexibility index (Phi) is 4.65. The van der Waals surface area contributed by atoms with E-state index in [4.69, 9.17) is 0 Å². The third-order valence-electron chi connectivity index (χ3n) is 4.70. The average molecular weight is 378 g/mol. The Balaban J connectivity index is 1.53. The van der Waals surface area contributed by atoms with Crippen LogP contribution in [0, 0.1) is 12.7 Å². The summed E-state index contributed by atoms with van der Waals surface area (Å²) in [6, 6.07) is 12.5. The number of nitrogens with zero attached hydrogens (tertiary/aromatic N) is 2. The van der Waals surface area contributed by atoms with Crippen molar-refractivity contribution in [2.45, 2.75) is 26.3 Å². The SMILES string of the molecule is Cc1cn(Cc2ccccc2)nc1NC(=O)c1cc2c(cc1F)NC(=O)CC2. The van der Waals surface area contributed by atoms with Crippen LogP contribution in [-0.2, 0) is 17.8 Å². The van der Waals surface area contributed by atoms with Gasteiger partial charge in [-0.1, -0.05) is 30.3 Å². The van der Waals surface area contributed by atoms with E-state index in [1.165, 1.54) is 12.1 Å². The number of aryl methyl sites for hydroxylation is 2. The number of amides is 2. The summed E-state index contributed by atoms with van der Waals surface area (Å²) in [7, 11) is 0. The van der Waals surface area contributed by atoms with E-state index < -0.39 is 11.7 Å². The number of hydrogen-bond donors (Lipinski definition) is 2. The van der Waals surface area contributed by atoms with Gasteiger partial charge in [-0.2, -0.15) is 5.10 Å². The first-order valence-electron chi connectivity index (χ1n) is 9.01. The van der Waals surface area contributed by atoms with Gasteiger partial charge in [-0.05, 0) is 36.6 Å². The van der Waals surface area contributed by atoms with E-state index in [-0.39, 0.29) is 11.5 Å². The monoisotopic (exact) mass is 378 g/mol. The summed E-state index contributed by atoms with van der Waals surface area (Å²) in [5.74, 6) is -1.000. The lowest BCUT2D eigenvalue weighted by molar-refractivity contribution is -0.116. The number of halogens is 1. The van der Waals surface area contributed by atoms with Crippen molar-refractivity contribution in [3.05, 3.63) is 76.7 Å². The van der Waals surface area contributed by atoms with Crippen molar-refractivity contribution in [3.63, 3.8) is 0 Å². The Bertz CT molecular complexity index is 1060. The molecule has 7 heteroatoms. The van der Waals surface area contributed by atoms with E-state index in [2.05, 4.69) is 15.7 Å². The first kappa shape index (κ1) is 17.9. The molecule has 0 spiro atoms. The van der Waals surface area contributed by atoms with E-state index in [0.29, 0.717) is 30.9 Å². The van der Waals surface area contributed by atoms with Crippen LogP contribution in [0.25, 0.3) is 0 Å². The van der Waals surface area contributed by atoms with Gasteiger partial charge in [0.1, 0.15) is 5.82 Å². The van der Waals surface area contributed by atoms with E-state index in [0.717, 1.165) is 16.7 Å². The Labute approximate surface area is 161 Å². The minimum absolute atomic E-state index is 0.0630. The van der Waals surface area contributed by atoms with Crippen LogP contribution in [0.4, 0.5) is 15.9 Å². The summed E-state index contributed by atoms with van der Waals surface area (Å²) in [6.45, 7) is 2.41. The normalized spacial score (nSPS) is 13.0. The highest BCUT2D eigenvalue weighted by molar-refractivity contribution is 6.05. The van der Waals surface area contributed by atoms with Crippen molar-refractivity contribution in [2.24, 2.45) is 0 Å². The van der Waals surface area contributed by atoms with Crippen molar-refractivity contribution in [1.82, 2.24) is 9.78 Å².